The Kier molecular flexibility index (Phi) is 4.71. The molecule has 5 heteroatoms. The molecule has 1 aromatic carbocycles. The maximum Gasteiger partial charge on any atom is 0.323 e. The highest BCUT2D eigenvalue weighted by atomic mass is 16.5. The van der Waals surface area contributed by atoms with Gasteiger partial charge in [0.25, 0.3) is 0 Å². The summed E-state index contributed by atoms with van der Waals surface area (Å²) in [5, 5.41) is 8.63. The molecule has 0 saturated heterocycles. The van der Waals surface area contributed by atoms with Crippen LogP contribution >= 0.6 is 0 Å². The summed E-state index contributed by atoms with van der Waals surface area (Å²) in [6.07, 6.45) is 0.134. The molecular formula is C13H17NO4. The van der Waals surface area contributed by atoms with E-state index in [1.54, 1.807) is 13.2 Å². The molecule has 0 radical (unpaired) electrons. The highest BCUT2D eigenvalue weighted by Crippen LogP contribution is 2.20. The first kappa shape index (κ1) is 14.0. The van der Waals surface area contributed by atoms with Gasteiger partial charge < -0.3 is 14.7 Å². The van der Waals surface area contributed by atoms with Crippen LogP contribution in [0.25, 0.3) is 0 Å². The van der Waals surface area contributed by atoms with Crippen molar-refractivity contribution >= 4 is 11.9 Å². The SMILES string of the molecule is COc1ccc(C)cc1CC(=O)N(C)CC(=O)O. The topological polar surface area (TPSA) is 66.8 Å². The van der Waals surface area contributed by atoms with E-state index in [0.29, 0.717) is 5.75 Å². The number of methoxy groups -OCH3 is 1. The van der Waals surface area contributed by atoms with Crippen LogP contribution < -0.4 is 4.74 Å². The summed E-state index contributed by atoms with van der Waals surface area (Å²) in [6.45, 7) is 1.63. The number of aryl methyl sites for hydroxylation is 1. The number of carboxylic acid groups (broad SMARTS) is 1. The van der Waals surface area contributed by atoms with Crippen molar-refractivity contribution in [3.8, 4) is 5.75 Å². The highest BCUT2D eigenvalue weighted by molar-refractivity contribution is 5.83. The van der Waals surface area contributed by atoms with Crippen LogP contribution in [0.2, 0.25) is 0 Å². The van der Waals surface area contributed by atoms with E-state index in [1.165, 1.54) is 11.9 Å². The molecule has 0 heterocycles. The van der Waals surface area contributed by atoms with E-state index < -0.39 is 5.97 Å². The number of hydrogen-bond acceptors (Lipinski definition) is 3. The third-order valence-corrected chi connectivity index (χ3v) is 2.58. The second-order valence-corrected chi connectivity index (χ2v) is 4.14. The molecule has 0 aliphatic heterocycles. The van der Waals surface area contributed by atoms with E-state index in [0.717, 1.165) is 11.1 Å². The Morgan fingerprint density at radius 1 is 1.39 bits per heavy atom. The Morgan fingerprint density at radius 2 is 2.06 bits per heavy atom. The maximum absolute atomic E-state index is 11.8. The fourth-order valence-electron chi connectivity index (χ4n) is 1.63. The average molecular weight is 251 g/mol. The molecule has 0 spiro atoms. The van der Waals surface area contributed by atoms with Crippen molar-refractivity contribution in [2.45, 2.75) is 13.3 Å². The summed E-state index contributed by atoms with van der Waals surface area (Å²) >= 11 is 0. The van der Waals surface area contributed by atoms with Gasteiger partial charge in [-0.25, -0.2) is 0 Å². The summed E-state index contributed by atoms with van der Waals surface area (Å²) in [5.41, 5.74) is 1.79. The van der Waals surface area contributed by atoms with Crippen molar-refractivity contribution in [1.29, 1.82) is 0 Å². The number of aliphatic carboxylic acids is 1. The first-order valence-electron chi connectivity index (χ1n) is 5.53. The predicted molar refractivity (Wildman–Crippen MR) is 66.7 cm³/mol. The van der Waals surface area contributed by atoms with Crippen LogP contribution in [0, 0.1) is 6.92 Å². The molecule has 1 amide bonds. The number of carboxylic acids is 1. The minimum Gasteiger partial charge on any atom is -0.496 e. The van der Waals surface area contributed by atoms with Gasteiger partial charge in [0.2, 0.25) is 5.91 Å². The second-order valence-electron chi connectivity index (χ2n) is 4.14. The number of benzene rings is 1. The molecule has 98 valence electrons. The standard InChI is InChI=1S/C13H17NO4/c1-9-4-5-11(18-3)10(6-9)7-12(15)14(2)8-13(16)17/h4-6H,7-8H2,1-3H3,(H,16,17). The molecule has 1 rings (SSSR count). The Bertz CT molecular complexity index is 456. The van der Waals surface area contributed by atoms with Gasteiger partial charge in [-0.1, -0.05) is 17.7 Å². The molecule has 1 aromatic rings. The number of likely N-dealkylation sites (N-methyl/N-ethyl adjacent to an activating group) is 1. The lowest BCUT2D eigenvalue weighted by Crippen LogP contribution is -2.33. The number of hydrogen-bond donors (Lipinski definition) is 1. The van der Waals surface area contributed by atoms with Crippen LogP contribution in [0.5, 0.6) is 5.75 Å². The predicted octanol–water partition coefficient (Wildman–Crippen LogP) is 1.09. The van der Waals surface area contributed by atoms with Gasteiger partial charge >= 0.3 is 5.97 Å². The largest absolute Gasteiger partial charge is 0.496 e. The zero-order valence-electron chi connectivity index (χ0n) is 10.8. The van der Waals surface area contributed by atoms with Crippen molar-refractivity contribution in [2.24, 2.45) is 0 Å². The number of ether oxygens (including phenoxy) is 1. The van der Waals surface area contributed by atoms with Crippen molar-refractivity contribution in [2.75, 3.05) is 20.7 Å². The number of rotatable bonds is 5. The number of carbonyl (C=O) groups excluding carboxylic acids is 1. The maximum atomic E-state index is 11.8. The van der Waals surface area contributed by atoms with Gasteiger partial charge in [0.15, 0.2) is 0 Å². The van der Waals surface area contributed by atoms with Crippen LogP contribution in [-0.4, -0.2) is 42.6 Å². The molecule has 0 aromatic heterocycles. The number of nitrogens with zero attached hydrogens (tertiary/aromatic N) is 1. The summed E-state index contributed by atoms with van der Waals surface area (Å²) < 4.78 is 5.17. The van der Waals surface area contributed by atoms with Crippen LogP contribution in [0.15, 0.2) is 18.2 Å². The van der Waals surface area contributed by atoms with Crippen LogP contribution in [-0.2, 0) is 16.0 Å². The van der Waals surface area contributed by atoms with Crippen LogP contribution in [0.3, 0.4) is 0 Å². The molecule has 0 aliphatic rings. The van der Waals surface area contributed by atoms with Gasteiger partial charge in [0, 0.05) is 12.6 Å². The quantitative estimate of drug-likeness (QED) is 0.850. The summed E-state index contributed by atoms with van der Waals surface area (Å²) in [5.74, 6) is -0.638. The van der Waals surface area contributed by atoms with Gasteiger partial charge in [0.1, 0.15) is 12.3 Å². The van der Waals surface area contributed by atoms with Gasteiger partial charge in [-0.3, -0.25) is 9.59 Å². The summed E-state index contributed by atoms with van der Waals surface area (Å²) in [7, 11) is 3.01. The first-order valence-corrected chi connectivity index (χ1v) is 5.53. The van der Waals surface area contributed by atoms with Crippen LogP contribution in [0.1, 0.15) is 11.1 Å². The minimum atomic E-state index is -1.03. The normalized spacial score (nSPS) is 9.94. The third kappa shape index (κ3) is 3.76. The summed E-state index contributed by atoms with van der Waals surface area (Å²) in [6, 6.07) is 5.56. The van der Waals surface area contributed by atoms with Gasteiger partial charge in [-0.05, 0) is 13.0 Å². The zero-order chi connectivity index (χ0) is 13.7. The number of carbonyl (C=O) groups is 2. The van der Waals surface area contributed by atoms with Crippen molar-refractivity contribution in [3.05, 3.63) is 29.3 Å². The molecule has 0 bridgehead atoms. The van der Waals surface area contributed by atoms with Gasteiger partial charge in [-0.2, -0.15) is 0 Å². The Hall–Kier alpha value is -2.04. The molecule has 0 unspecified atom stereocenters. The Balaban J connectivity index is 2.80. The van der Waals surface area contributed by atoms with Crippen molar-refractivity contribution in [3.63, 3.8) is 0 Å². The average Bonchev–Trinajstić information content (AvgIpc) is 2.28. The molecule has 0 saturated carbocycles. The molecule has 0 fully saturated rings. The first-order chi connectivity index (χ1) is 8.43. The van der Waals surface area contributed by atoms with Crippen molar-refractivity contribution < 1.29 is 19.4 Å². The van der Waals surface area contributed by atoms with E-state index in [-0.39, 0.29) is 18.9 Å². The second kappa shape index (κ2) is 6.05. The van der Waals surface area contributed by atoms with Crippen molar-refractivity contribution in [1.82, 2.24) is 4.90 Å². The van der Waals surface area contributed by atoms with E-state index in [9.17, 15) is 9.59 Å². The Morgan fingerprint density at radius 3 is 2.61 bits per heavy atom. The van der Waals surface area contributed by atoms with Gasteiger partial charge in [0.05, 0.1) is 13.5 Å². The van der Waals surface area contributed by atoms with Gasteiger partial charge in [-0.15, -0.1) is 0 Å². The van der Waals surface area contributed by atoms with E-state index in [1.807, 2.05) is 19.1 Å². The molecular weight excluding hydrogens is 234 g/mol. The van der Waals surface area contributed by atoms with E-state index in [4.69, 9.17) is 9.84 Å². The number of amides is 1. The van der Waals surface area contributed by atoms with E-state index in [2.05, 4.69) is 0 Å². The molecule has 0 aliphatic carbocycles. The lowest BCUT2D eigenvalue weighted by atomic mass is 10.1. The fourth-order valence-corrected chi connectivity index (χ4v) is 1.63. The molecule has 1 N–H and O–H groups in total. The third-order valence-electron chi connectivity index (χ3n) is 2.58. The lowest BCUT2D eigenvalue weighted by Gasteiger charge is -2.16. The molecule has 5 nitrogen and oxygen atoms in total. The Labute approximate surface area is 106 Å². The minimum absolute atomic E-state index is 0.134. The van der Waals surface area contributed by atoms with E-state index >= 15 is 0 Å². The smallest absolute Gasteiger partial charge is 0.323 e. The molecule has 18 heavy (non-hydrogen) atoms. The monoisotopic (exact) mass is 251 g/mol. The summed E-state index contributed by atoms with van der Waals surface area (Å²) in [4.78, 5) is 23.5. The molecule has 0 atom stereocenters. The zero-order valence-corrected chi connectivity index (χ0v) is 10.8. The lowest BCUT2D eigenvalue weighted by molar-refractivity contribution is -0.143. The highest BCUT2D eigenvalue weighted by Gasteiger charge is 2.15. The fraction of sp³-hybridized carbons (Fsp3) is 0.385. The van der Waals surface area contributed by atoms with Crippen LogP contribution in [0.4, 0.5) is 0 Å².